The van der Waals surface area contributed by atoms with Gasteiger partial charge in [0.1, 0.15) is 0 Å². The number of anilines is 1. The first-order valence-corrected chi connectivity index (χ1v) is 11.8. The number of amides is 2. The molecule has 168 valence electrons. The Labute approximate surface area is 204 Å². The lowest BCUT2D eigenvalue weighted by Gasteiger charge is -2.15. The van der Waals surface area contributed by atoms with Crippen molar-refractivity contribution in [2.24, 2.45) is 0 Å². The summed E-state index contributed by atoms with van der Waals surface area (Å²) < 4.78 is 1.86. The normalized spacial score (nSPS) is 11.8. The fourth-order valence-corrected chi connectivity index (χ4v) is 4.17. The molecule has 0 aliphatic heterocycles. The summed E-state index contributed by atoms with van der Waals surface area (Å²) in [5, 5.41) is 15.8. The summed E-state index contributed by atoms with van der Waals surface area (Å²) in [6.45, 7) is 4.34. The molecule has 2 amide bonds. The Bertz CT molecular complexity index is 1120. The van der Waals surface area contributed by atoms with E-state index in [1.165, 1.54) is 11.8 Å². The third-order valence-corrected chi connectivity index (χ3v) is 6.50. The maximum atomic E-state index is 12.5. The van der Waals surface area contributed by atoms with E-state index in [1.807, 2.05) is 18.4 Å². The van der Waals surface area contributed by atoms with Gasteiger partial charge in [0.05, 0.1) is 27.5 Å². The van der Waals surface area contributed by atoms with Crippen molar-refractivity contribution in [2.75, 3.05) is 11.1 Å². The van der Waals surface area contributed by atoms with Crippen molar-refractivity contribution < 1.29 is 9.59 Å². The van der Waals surface area contributed by atoms with E-state index in [4.69, 9.17) is 34.8 Å². The van der Waals surface area contributed by atoms with Crippen LogP contribution in [-0.4, -0.2) is 32.3 Å². The first-order valence-electron chi connectivity index (χ1n) is 9.66. The number of nitrogens with one attached hydrogen (secondary N) is 2. The molecule has 7 nitrogen and oxygen atoms in total. The van der Waals surface area contributed by atoms with Gasteiger partial charge in [-0.05, 0) is 50.2 Å². The summed E-state index contributed by atoms with van der Waals surface area (Å²) in [4.78, 5) is 24.9. The maximum absolute atomic E-state index is 12.5. The first kappa shape index (κ1) is 24.4. The number of rotatable bonds is 8. The monoisotopic (exact) mass is 511 g/mol. The maximum Gasteiger partial charge on any atom is 0.251 e. The molecule has 0 radical (unpaired) electrons. The number of nitrogens with zero attached hydrogens (tertiary/aromatic N) is 3. The van der Waals surface area contributed by atoms with Crippen molar-refractivity contribution >= 4 is 64.1 Å². The van der Waals surface area contributed by atoms with Crippen LogP contribution in [0.2, 0.25) is 15.1 Å². The SMILES string of the molecule is CCn1c(SCC(=O)Nc2cccc(Cl)c2Cl)nnc1[C@H](C)NC(=O)c1ccc(Cl)cc1. The zero-order valence-corrected chi connectivity index (χ0v) is 20.3. The van der Waals surface area contributed by atoms with E-state index in [0.29, 0.717) is 38.8 Å². The molecule has 1 atom stereocenters. The topological polar surface area (TPSA) is 88.9 Å². The zero-order valence-electron chi connectivity index (χ0n) is 17.2. The van der Waals surface area contributed by atoms with E-state index >= 15 is 0 Å². The van der Waals surface area contributed by atoms with Crippen LogP contribution in [0.5, 0.6) is 0 Å². The fourth-order valence-electron chi connectivity index (χ4n) is 2.89. The molecule has 11 heteroatoms. The summed E-state index contributed by atoms with van der Waals surface area (Å²) in [6, 6.07) is 11.3. The van der Waals surface area contributed by atoms with Gasteiger partial charge in [-0.2, -0.15) is 0 Å². The van der Waals surface area contributed by atoms with Crippen molar-refractivity contribution in [2.45, 2.75) is 31.6 Å². The van der Waals surface area contributed by atoms with Crippen LogP contribution in [0.3, 0.4) is 0 Å². The van der Waals surface area contributed by atoms with Crippen molar-refractivity contribution in [3.63, 3.8) is 0 Å². The van der Waals surface area contributed by atoms with Gasteiger partial charge >= 0.3 is 0 Å². The number of thioether (sulfide) groups is 1. The molecule has 1 heterocycles. The second-order valence-electron chi connectivity index (χ2n) is 6.73. The Hall–Kier alpha value is -2.26. The Kier molecular flexibility index (Phi) is 8.42. The third-order valence-electron chi connectivity index (χ3n) is 4.46. The smallest absolute Gasteiger partial charge is 0.251 e. The fraction of sp³-hybridized carbons (Fsp3) is 0.238. The van der Waals surface area contributed by atoms with Gasteiger partial charge in [-0.25, -0.2) is 0 Å². The van der Waals surface area contributed by atoms with E-state index in [0.717, 1.165) is 0 Å². The minimum absolute atomic E-state index is 0.104. The Morgan fingerprint density at radius 3 is 2.50 bits per heavy atom. The highest BCUT2D eigenvalue weighted by atomic mass is 35.5. The average Bonchev–Trinajstić information content (AvgIpc) is 3.19. The molecular formula is C21H20Cl3N5O2S. The Morgan fingerprint density at radius 2 is 1.81 bits per heavy atom. The van der Waals surface area contributed by atoms with Crippen LogP contribution in [0.25, 0.3) is 0 Å². The lowest BCUT2D eigenvalue weighted by Crippen LogP contribution is -2.28. The lowest BCUT2D eigenvalue weighted by molar-refractivity contribution is -0.113. The number of carbonyl (C=O) groups is 2. The average molecular weight is 513 g/mol. The summed E-state index contributed by atoms with van der Waals surface area (Å²) >= 11 is 19.2. The Balaban J connectivity index is 1.63. The number of benzene rings is 2. The van der Waals surface area contributed by atoms with Gasteiger partial charge in [-0.15, -0.1) is 10.2 Å². The molecule has 32 heavy (non-hydrogen) atoms. The number of aromatic nitrogens is 3. The van der Waals surface area contributed by atoms with Crippen molar-refractivity contribution in [1.29, 1.82) is 0 Å². The molecule has 3 aromatic rings. The highest BCUT2D eigenvalue weighted by Crippen LogP contribution is 2.30. The van der Waals surface area contributed by atoms with Crippen LogP contribution in [0.15, 0.2) is 47.6 Å². The minimum atomic E-state index is -0.390. The molecule has 0 saturated carbocycles. The third kappa shape index (κ3) is 5.95. The van der Waals surface area contributed by atoms with Gasteiger partial charge in [-0.3, -0.25) is 9.59 Å². The van der Waals surface area contributed by atoms with Crippen molar-refractivity contribution in [3.05, 3.63) is 68.9 Å². The molecule has 0 unspecified atom stereocenters. The van der Waals surface area contributed by atoms with Crippen LogP contribution in [0.1, 0.15) is 36.1 Å². The number of carbonyl (C=O) groups excluding carboxylic acids is 2. The van der Waals surface area contributed by atoms with Gasteiger partial charge in [0.15, 0.2) is 11.0 Å². The predicted molar refractivity (Wildman–Crippen MR) is 129 cm³/mol. The predicted octanol–water partition coefficient (Wildman–Crippen LogP) is 5.48. The standard InChI is InChI=1S/C21H20Cl3N5O2S/c1-3-29-19(12(2)25-20(31)13-7-9-14(22)10-8-13)27-28-21(29)32-11-17(30)26-16-6-4-5-15(23)18(16)24/h4-10,12H,3,11H2,1-2H3,(H,25,31)(H,26,30)/t12-/m0/s1. The van der Waals surface area contributed by atoms with E-state index in [-0.39, 0.29) is 28.6 Å². The lowest BCUT2D eigenvalue weighted by atomic mass is 10.2. The molecule has 0 saturated heterocycles. The van der Waals surface area contributed by atoms with Crippen LogP contribution in [0, 0.1) is 0 Å². The summed E-state index contributed by atoms with van der Waals surface area (Å²) in [7, 11) is 0. The molecule has 2 N–H and O–H groups in total. The highest BCUT2D eigenvalue weighted by molar-refractivity contribution is 7.99. The molecule has 3 rings (SSSR count). The number of hydrogen-bond donors (Lipinski definition) is 2. The molecule has 2 aromatic carbocycles. The molecule has 0 aliphatic rings. The molecule has 1 aromatic heterocycles. The van der Waals surface area contributed by atoms with Crippen LogP contribution < -0.4 is 10.6 Å². The van der Waals surface area contributed by atoms with E-state index in [9.17, 15) is 9.59 Å². The molecule has 0 bridgehead atoms. The largest absolute Gasteiger partial charge is 0.342 e. The van der Waals surface area contributed by atoms with Crippen molar-refractivity contribution in [3.8, 4) is 0 Å². The molecule has 0 aliphatic carbocycles. The van der Waals surface area contributed by atoms with E-state index in [1.54, 1.807) is 42.5 Å². The summed E-state index contributed by atoms with van der Waals surface area (Å²) in [5.74, 6) is 0.199. The zero-order chi connectivity index (χ0) is 23.3. The van der Waals surface area contributed by atoms with Gasteiger partial charge < -0.3 is 15.2 Å². The van der Waals surface area contributed by atoms with Crippen LogP contribution in [0.4, 0.5) is 5.69 Å². The Morgan fingerprint density at radius 1 is 1.09 bits per heavy atom. The van der Waals surface area contributed by atoms with Crippen molar-refractivity contribution in [1.82, 2.24) is 20.1 Å². The van der Waals surface area contributed by atoms with Crippen LogP contribution in [-0.2, 0) is 11.3 Å². The summed E-state index contributed by atoms with van der Waals surface area (Å²) in [6.07, 6.45) is 0. The second-order valence-corrected chi connectivity index (χ2v) is 8.89. The molecule has 0 spiro atoms. The van der Waals surface area contributed by atoms with Gasteiger partial charge in [0, 0.05) is 17.1 Å². The highest BCUT2D eigenvalue weighted by Gasteiger charge is 2.20. The van der Waals surface area contributed by atoms with Gasteiger partial charge in [0.25, 0.3) is 5.91 Å². The quantitative estimate of drug-likeness (QED) is 0.390. The van der Waals surface area contributed by atoms with Gasteiger partial charge in [0.2, 0.25) is 5.91 Å². The van der Waals surface area contributed by atoms with Crippen LogP contribution >= 0.6 is 46.6 Å². The van der Waals surface area contributed by atoms with E-state index < -0.39 is 0 Å². The summed E-state index contributed by atoms with van der Waals surface area (Å²) in [5.41, 5.74) is 0.940. The molecular weight excluding hydrogens is 493 g/mol. The first-order chi connectivity index (χ1) is 15.3. The number of halogens is 3. The minimum Gasteiger partial charge on any atom is -0.342 e. The van der Waals surface area contributed by atoms with E-state index in [2.05, 4.69) is 20.8 Å². The number of hydrogen-bond acceptors (Lipinski definition) is 5. The van der Waals surface area contributed by atoms with Gasteiger partial charge in [-0.1, -0.05) is 52.6 Å². The molecule has 0 fully saturated rings. The second kappa shape index (κ2) is 11.0.